The molecule has 1 aromatic rings. The van der Waals surface area contributed by atoms with Crippen molar-refractivity contribution in [3.8, 4) is 0 Å². The number of hydrogen-bond acceptors (Lipinski definition) is 4. The smallest absolute Gasteiger partial charge is 0.289 e. The van der Waals surface area contributed by atoms with E-state index in [9.17, 15) is 54.3 Å². The van der Waals surface area contributed by atoms with E-state index < -0.39 is 81.0 Å². The van der Waals surface area contributed by atoms with Crippen molar-refractivity contribution in [3.05, 3.63) is 46.0 Å². The van der Waals surface area contributed by atoms with E-state index in [0.29, 0.717) is 0 Å². The lowest BCUT2D eigenvalue weighted by Gasteiger charge is -2.23. The molecule has 0 aliphatic carbocycles. The zero-order chi connectivity index (χ0) is 22.8. The van der Waals surface area contributed by atoms with Crippen molar-refractivity contribution in [1.82, 2.24) is 10.6 Å². The fourth-order valence-electron chi connectivity index (χ4n) is 2.96. The topological polar surface area (TPSA) is 92.3 Å². The van der Waals surface area contributed by atoms with Crippen molar-refractivity contribution in [2.24, 2.45) is 0 Å². The van der Waals surface area contributed by atoms with Gasteiger partial charge in [0.15, 0.2) is 11.6 Å². The second-order valence-corrected chi connectivity index (χ2v) is 5.88. The number of carbonyl (C=O) groups excluding carboxylic acids is 4. The van der Waals surface area contributed by atoms with Gasteiger partial charge in [0.2, 0.25) is 0 Å². The molecule has 0 saturated carbocycles. The Bertz CT molecular complexity index is 1110. The van der Waals surface area contributed by atoms with Crippen molar-refractivity contribution in [1.29, 1.82) is 0 Å². The highest BCUT2D eigenvalue weighted by atomic mass is 19.4. The first-order chi connectivity index (χ1) is 13.6. The summed E-state index contributed by atoms with van der Waals surface area (Å²) in [5.41, 5.74) is -12.5. The first-order valence-electron chi connectivity index (χ1n) is 7.48. The average Bonchev–Trinajstić information content (AvgIpc) is 3.07. The SMILES string of the molecule is O=C1C=C(c2c(F)c(F)c(C(F)(F)F)c(C3=CC(=O)NC3=O)c2C(F)(F)F)C(=O)N1. The number of carbonyl (C=O) groups is 4. The third-order valence-electron chi connectivity index (χ3n) is 4.00. The summed E-state index contributed by atoms with van der Waals surface area (Å²) in [5, 5.41) is 2.84. The van der Waals surface area contributed by atoms with E-state index in [4.69, 9.17) is 0 Å². The molecule has 2 aliphatic heterocycles. The maximum absolute atomic E-state index is 14.5. The molecule has 6 nitrogen and oxygen atoms in total. The molecule has 2 heterocycles. The molecule has 3 rings (SSSR count). The molecule has 158 valence electrons. The summed E-state index contributed by atoms with van der Waals surface area (Å²) in [6, 6.07) is 0. The summed E-state index contributed by atoms with van der Waals surface area (Å²) in [5.74, 6) is -11.7. The van der Waals surface area contributed by atoms with Crippen LogP contribution in [0.3, 0.4) is 0 Å². The second kappa shape index (κ2) is 6.47. The molecule has 2 N–H and O–H groups in total. The number of halogens is 8. The van der Waals surface area contributed by atoms with Gasteiger partial charge in [-0.05, 0) is 0 Å². The third kappa shape index (κ3) is 3.23. The van der Waals surface area contributed by atoms with E-state index >= 15 is 0 Å². The second-order valence-electron chi connectivity index (χ2n) is 5.88. The number of rotatable bonds is 2. The van der Waals surface area contributed by atoms with Crippen LogP contribution < -0.4 is 10.6 Å². The lowest BCUT2D eigenvalue weighted by Crippen LogP contribution is -2.28. The van der Waals surface area contributed by atoms with Crippen LogP contribution in [0.5, 0.6) is 0 Å². The van der Waals surface area contributed by atoms with Crippen LogP contribution in [0.2, 0.25) is 0 Å². The van der Waals surface area contributed by atoms with Crippen molar-refractivity contribution >= 4 is 34.8 Å². The molecule has 1 aromatic carbocycles. The first-order valence-corrected chi connectivity index (χ1v) is 7.48. The van der Waals surface area contributed by atoms with E-state index in [2.05, 4.69) is 0 Å². The minimum absolute atomic E-state index is 0.0392. The van der Waals surface area contributed by atoms with Gasteiger partial charge in [-0.15, -0.1) is 0 Å². The lowest BCUT2D eigenvalue weighted by atomic mass is 9.86. The van der Waals surface area contributed by atoms with E-state index in [-0.39, 0.29) is 12.2 Å². The Balaban J connectivity index is 2.60. The molecular formula is C16H4F8N2O4. The van der Waals surface area contributed by atoms with Crippen molar-refractivity contribution in [2.75, 3.05) is 0 Å². The monoisotopic (exact) mass is 440 g/mol. The zero-order valence-electron chi connectivity index (χ0n) is 13.8. The highest BCUT2D eigenvalue weighted by molar-refractivity contribution is 6.36. The minimum atomic E-state index is -5.95. The molecule has 0 unspecified atom stereocenters. The van der Waals surface area contributed by atoms with Crippen molar-refractivity contribution in [3.63, 3.8) is 0 Å². The minimum Gasteiger partial charge on any atom is -0.289 e. The van der Waals surface area contributed by atoms with E-state index in [1.807, 2.05) is 0 Å². The summed E-state index contributed by atoms with van der Waals surface area (Å²) in [7, 11) is 0. The summed E-state index contributed by atoms with van der Waals surface area (Å²) < 4.78 is 111. The molecule has 4 amide bonds. The van der Waals surface area contributed by atoms with Crippen LogP contribution in [-0.2, 0) is 31.5 Å². The maximum atomic E-state index is 14.5. The number of imide groups is 2. The number of amides is 4. The lowest BCUT2D eigenvalue weighted by molar-refractivity contribution is -0.145. The molecule has 0 bridgehead atoms. The highest BCUT2D eigenvalue weighted by Gasteiger charge is 2.50. The van der Waals surface area contributed by atoms with Gasteiger partial charge in [0, 0.05) is 23.3 Å². The molecule has 14 heteroatoms. The van der Waals surface area contributed by atoms with Gasteiger partial charge in [-0.2, -0.15) is 26.3 Å². The molecule has 0 radical (unpaired) electrons. The quantitative estimate of drug-likeness (QED) is 0.544. The van der Waals surface area contributed by atoms with Crippen LogP contribution in [0.4, 0.5) is 35.1 Å². The Morgan fingerprint density at radius 3 is 1.33 bits per heavy atom. The Hall–Kier alpha value is -3.58. The standard InChI is InChI=1S/C16H4F8N2O4/c17-11-8(4-2-6(28)26-14(4)30)9(15(19,20)21)7(3-1-5(27)25-13(3)29)10(12(11)18)16(22,23)24/h1-2H,(H,25,27,29)(H,26,28,30). The molecule has 0 saturated heterocycles. The number of nitrogens with one attached hydrogen (secondary N) is 2. The van der Waals surface area contributed by atoms with Crippen LogP contribution in [0, 0.1) is 11.6 Å². The van der Waals surface area contributed by atoms with Crippen LogP contribution in [0.25, 0.3) is 11.1 Å². The Morgan fingerprint density at radius 1 is 0.600 bits per heavy atom. The van der Waals surface area contributed by atoms with Crippen LogP contribution in [0.15, 0.2) is 12.2 Å². The maximum Gasteiger partial charge on any atom is 0.419 e. The van der Waals surface area contributed by atoms with Crippen molar-refractivity contribution < 1.29 is 54.3 Å². The third-order valence-corrected chi connectivity index (χ3v) is 4.00. The summed E-state index contributed by atoms with van der Waals surface area (Å²) in [4.78, 5) is 46.1. The van der Waals surface area contributed by atoms with Gasteiger partial charge >= 0.3 is 12.4 Å². The van der Waals surface area contributed by atoms with Gasteiger partial charge in [0.05, 0.1) is 16.7 Å². The van der Waals surface area contributed by atoms with Gasteiger partial charge in [-0.3, -0.25) is 29.8 Å². The van der Waals surface area contributed by atoms with Gasteiger partial charge in [0.25, 0.3) is 23.6 Å². The zero-order valence-corrected chi connectivity index (χ0v) is 13.8. The van der Waals surface area contributed by atoms with Crippen LogP contribution >= 0.6 is 0 Å². The van der Waals surface area contributed by atoms with Crippen LogP contribution in [-0.4, -0.2) is 23.6 Å². The number of benzene rings is 1. The Labute approximate surface area is 159 Å². The Kier molecular flexibility index (Phi) is 4.56. The normalized spacial score (nSPS) is 17.2. The first kappa shape index (κ1) is 21.1. The van der Waals surface area contributed by atoms with E-state index in [1.54, 1.807) is 0 Å². The summed E-state index contributed by atoms with van der Waals surface area (Å²) >= 11 is 0. The molecule has 2 aliphatic rings. The van der Waals surface area contributed by atoms with E-state index in [1.165, 1.54) is 10.6 Å². The van der Waals surface area contributed by atoms with Gasteiger partial charge < -0.3 is 0 Å². The Morgan fingerprint density at radius 2 is 1.00 bits per heavy atom. The number of alkyl halides is 6. The fourth-order valence-corrected chi connectivity index (χ4v) is 2.96. The van der Waals surface area contributed by atoms with Gasteiger partial charge in [-0.25, -0.2) is 8.78 Å². The highest BCUT2D eigenvalue weighted by Crippen LogP contribution is 2.48. The summed E-state index contributed by atoms with van der Waals surface area (Å²) in [6.45, 7) is 0. The molecule has 0 aromatic heterocycles. The largest absolute Gasteiger partial charge is 0.419 e. The predicted octanol–water partition coefficient (Wildman–Crippen LogP) is 2.08. The summed E-state index contributed by atoms with van der Waals surface area (Å²) in [6.07, 6.45) is -11.7. The molecule has 0 atom stereocenters. The van der Waals surface area contributed by atoms with Gasteiger partial charge in [-0.1, -0.05) is 0 Å². The van der Waals surface area contributed by atoms with Gasteiger partial charge in [0.1, 0.15) is 5.56 Å². The molecule has 0 fully saturated rings. The van der Waals surface area contributed by atoms with E-state index in [0.717, 1.165) is 0 Å². The predicted molar refractivity (Wildman–Crippen MR) is 78.6 cm³/mol. The fraction of sp³-hybridized carbons (Fsp3) is 0.125. The van der Waals surface area contributed by atoms with Crippen LogP contribution in [0.1, 0.15) is 22.3 Å². The molecular weight excluding hydrogens is 436 g/mol. The average molecular weight is 440 g/mol. The molecule has 0 spiro atoms. The van der Waals surface area contributed by atoms with Crippen molar-refractivity contribution in [2.45, 2.75) is 12.4 Å². The molecule has 30 heavy (non-hydrogen) atoms. The number of hydrogen-bond donors (Lipinski definition) is 2.